The predicted octanol–water partition coefficient (Wildman–Crippen LogP) is 4.00. The van der Waals surface area contributed by atoms with Crippen LogP contribution in [0.15, 0.2) is 0 Å². The second-order valence-corrected chi connectivity index (χ2v) is 6.49. The summed E-state index contributed by atoms with van der Waals surface area (Å²) in [5.41, 5.74) is 0. The Morgan fingerprint density at radius 2 is 2.00 bits per heavy atom. The van der Waals surface area contributed by atoms with E-state index in [2.05, 4.69) is 33.0 Å². The van der Waals surface area contributed by atoms with E-state index in [1.165, 1.54) is 38.5 Å². The Bertz CT molecular complexity index is 205. The fourth-order valence-corrected chi connectivity index (χ4v) is 2.85. The number of ether oxygens (including phenoxy) is 1. The largest absolute Gasteiger partial charge is 0.374 e. The van der Waals surface area contributed by atoms with Gasteiger partial charge in [0, 0.05) is 6.54 Å². The maximum atomic E-state index is 6.32. The third-order valence-corrected chi connectivity index (χ3v) is 3.81. The van der Waals surface area contributed by atoms with E-state index in [-0.39, 0.29) is 0 Å². The average Bonchev–Trinajstić information content (AvgIpc) is 2.28. The first kappa shape index (κ1) is 16.0. The standard InChI is InChI=1S/C16H33NO/c1-5-7-16(12-17-11-13(2)3)18-15-9-6-8-14(4)10-15/h13-17H,5-12H2,1-4H3. The van der Waals surface area contributed by atoms with Crippen molar-refractivity contribution in [1.82, 2.24) is 5.32 Å². The smallest absolute Gasteiger partial charge is 0.0703 e. The SMILES string of the molecule is CCCC(CNCC(C)C)OC1CCCC(C)C1. The Morgan fingerprint density at radius 3 is 2.61 bits per heavy atom. The molecule has 0 aromatic carbocycles. The zero-order valence-electron chi connectivity index (χ0n) is 12.9. The topological polar surface area (TPSA) is 21.3 Å². The van der Waals surface area contributed by atoms with Crippen molar-refractivity contribution in [2.24, 2.45) is 11.8 Å². The molecule has 0 saturated heterocycles. The molecule has 108 valence electrons. The highest BCUT2D eigenvalue weighted by Gasteiger charge is 2.22. The van der Waals surface area contributed by atoms with Crippen LogP contribution >= 0.6 is 0 Å². The fourth-order valence-electron chi connectivity index (χ4n) is 2.85. The third-order valence-electron chi connectivity index (χ3n) is 3.81. The quantitative estimate of drug-likeness (QED) is 0.708. The van der Waals surface area contributed by atoms with Crippen molar-refractivity contribution in [3.63, 3.8) is 0 Å². The molecular weight excluding hydrogens is 222 g/mol. The summed E-state index contributed by atoms with van der Waals surface area (Å²) in [4.78, 5) is 0. The first-order valence-electron chi connectivity index (χ1n) is 7.98. The zero-order chi connectivity index (χ0) is 13.4. The van der Waals surface area contributed by atoms with Gasteiger partial charge in [-0.25, -0.2) is 0 Å². The number of nitrogens with one attached hydrogen (secondary N) is 1. The fraction of sp³-hybridized carbons (Fsp3) is 1.00. The molecule has 0 bridgehead atoms. The molecule has 0 aliphatic heterocycles. The van der Waals surface area contributed by atoms with E-state index in [1.807, 2.05) is 0 Å². The molecule has 1 N–H and O–H groups in total. The summed E-state index contributed by atoms with van der Waals surface area (Å²) >= 11 is 0. The molecule has 0 aromatic rings. The van der Waals surface area contributed by atoms with Gasteiger partial charge in [0.15, 0.2) is 0 Å². The molecule has 18 heavy (non-hydrogen) atoms. The van der Waals surface area contributed by atoms with Gasteiger partial charge in [0.25, 0.3) is 0 Å². The minimum absolute atomic E-state index is 0.420. The van der Waals surface area contributed by atoms with Crippen LogP contribution in [-0.2, 0) is 4.74 Å². The van der Waals surface area contributed by atoms with Gasteiger partial charge < -0.3 is 10.1 Å². The van der Waals surface area contributed by atoms with Crippen molar-refractivity contribution >= 4 is 0 Å². The van der Waals surface area contributed by atoms with Gasteiger partial charge >= 0.3 is 0 Å². The minimum Gasteiger partial charge on any atom is -0.374 e. The van der Waals surface area contributed by atoms with Gasteiger partial charge in [-0.15, -0.1) is 0 Å². The Hall–Kier alpha value is -0.0800. The van der Waals surface area contributed by atoms with Crippen LogP contribution in [-0.4, -0.2) is 25.3 Å². The number of rotatable bonds is 8. The molecule has 1 saturated carbocycles. The van der Waals surface area contributed by atoms with Gasteiger partial charge in [0.2, 0.25) is 0 Å². The van der Waals surface area contributed by atoms with Gasteiger partial charge in [-0.3, -0.25) is 0 Å². The van der Waals surface area contributed by atoms with Gasteiger partial charge in [-0.1, -0.05) is 47.0 Å². The van der Waals surface area contributed by atoms with E-state index in [0.717, 1.165) is 24.9 Å². The van der Waals surface area contributed by atoms with Crippen LogP contribution in [0.5, 0.6) is 0 Å². The van der Waals surface area contributed by atoms with Crippen molar-refractivity contribution in [1.29, 1.82) is 0 Å². The normalized spacial score (nSPS) is 26.5. The summed E-state index contributed by atoms with van der Waals surface area (Å²) in [7, 11) is 0. The molecule has 1 fully saturated rings. The lowest BCUT2D eigenvalue weighted by Crippen LogP contribution is -2.35. The summed E-state index contributed by atoms with van der Waals surface area (Å²) < 4.78 is 6.32. The predicted molar refractivity (Wildman–Crippen MR) is 78.9 cm³/mol. The Morgan fingerprint density at radius 1 is 1.22 bits per heavy atom. The average molecular weight is 255 g/mol. The van der Waals surface area contributed by atoms with Crippen LogP contribution < -0.4 is 5.32 Å². The van der Waals surface area contributed by atoms with E-state index < -0.39 is 0 Å². The summed E-state index contributed by atoms with van der Waals surface area (Å²) in [5.74, 6) is 1.58. The van der Waals surface area contributed by atoms with Crippen LogP contribution in [0.1, 0.15) is 66.2 Å². The minimum atomic E-state index is 0.420. The molecule has 0 radical (unpaired) electrons. The van der Waals surface area contributed by atoms with Gasteiger partial charge in [-0.2, -0.15) is 0 Å². The van der Waals surface area contributed by atoms with Gasteiger partial charge in [0.1, 0.15) is 0 Å². The molecule has 0 aromatic heterocycles. The molecule has 3 unspecified atom stereocenters. The molecule has 1 aliphatic carbocycles. The highest BCUT2D eigenvalue weighted by molar-refractivity contribution is 4.73. The molecule has 0 amide bonds. The molecule has 1 rings (SSSR count). The van der Waals surface area contributed by atoms with E-state index in [0.29, 0.717) is 12.2 Å². The second-order valence-electron chi connectivity index (χ2n) is 6.49. The highest BCUT2D eigenvalue weighted by atomic mass is 16.5. The lowest BCUT2D eigenvalue weighted by molar-refractivity contribution is -0.0413. The molecule has 3 atom stereocenters. The van der Waals surface area contributed by atoms with Crippen molar-refractivity contribution in [3.05, 3.63) is 0 Å². The van der Waals surface area contributed by atoms with Crippen LogP contribution in [0.3, 0.4) is 0 Å². The van der Waals surface area contributed by atoms with E-state index in [1.54, 1.807) is 0 Å². The Labute approximate surface area is 114 Å². The first-order valence-corrected chi connectivity index (χ1v) is 7.98. The number of hydrogen-bond donors (Lipinski definition) is 1. The van der Waals surface area contributed by atoms with E-state index in [4.69, 9.17) is 4.74 Å². The van der Waals surface area contributed by atoms with Crippen molar-refractivity contribution in [3.8, 4) is 0 Å². The summed E-state index contributed by atoms with van der Waals surface area (Å²) in [6, 6.07) is 0. The first-order chi connectivity index (χ1) is 8.61. The van der Waals surface area contributed by atoms with Crippen molar-refractivity contribution in [2.75, 3.05) is 13.1 Å². The lowest BCUT2D eigenvalue weighted by atomic mass is 9.88. The third kappa shape index (κ3) is 6.75. The van der Waals surface area contributed by atoms with Crippen LogP contribution in [0.2, 0.25) is 0 Å². The summed E-state index contributed by atoms with van der Waals surface area (Å²) in [6.45, 7) is 11.3. The van der Waals surface area contributed by atoms with Gasteiger partial charge in [0.05, 0.1) is 12.2 Å². The molecule has 2 heteroatoms. The monoisotopic (exact) mass is 255 g/mol. The number of hydrogen-bond acceptors (Lipinski definition) is 2. The molecule has 0 heterocycles. The molecule has 0 spiro atoms. The summed E-state index contributed by atoms with van der Waals surface area (Å²) in [5, 5.41) is 3.55. The van der Waals surface area contributed by atoms with E-state index >= 15 is 0 Å². The second kappa shape index (κ2) is 8.92. The molecule has 2 nitrogen and oxygen atoms in total. The van der Waals surface area contributed by atoms with E-state index in [9.17, 15) is 0 Å². The summed E-state index contributed by atoms with van der Waals surface area (Å²) in [6.07, 6.45) is 8.63. The van der Waals surface area contributed by atoms with Crippen LogP contribution in [0.25, 0.3) is 0 Å². The highest BCUT2D eigenvalue weighted by Crippen LogP contribution is 2.27. The molecular formula is C16H33NO. The maximum absolute atomic E-state index is 6.32. The van der Waals surface area contributed by atoms with Crippen LogP contribution in [0, 0.1) is 11.8 Å². The Kier molecular flexibility index (Phi) is 7.92. The van der Waals surface area contributed by atoms with Crippen molar-refractivity contribution in [2.45, 2.75) is 78.4 Å². The van der Waals surface area contributed by atoms with Crippen LogP contribution in [0.4, 0.5) is 0 Å². The van der Waals surface area contributed by atoms with Gasteiger partial charge in [-0.05, 0) is 37.6 Å². The lowest BCUT2D eigenvalue weighted by Gasteiger charge is -2.31. The maximum Gasteiger partial charge on any atom is 0.0703 e. The van der Waals surface area contributed by atoms with Crippen molar-refractivity contribution < 1.29 is 4.74 Å². The zero-order valence-corrected chi connectivity index (χ0v) is 12.9. The Balaban J connectivity index is 2.27. The molecule has 1 aliphatic rings.